The molecule has 3 nitrogen and oxygen atoms in total. The zero-order chi connectivity index (χ0) is 12.1. The van der Waals surface area contributed by atoms with Gasteiger partial charge in [-0.15, -0.1) is 24.0 Å². The Bertz CT molecular complexity index is 259. The van der Waals surface area contributed by atoms with E-state index in [0.29, 0.717) is 5.25 Å². The van der Waals surface area contributed by atoms with E-state index in [1.54, 1.807) is 0 Å². The molecule has 5 heteroatoms. The molecular formula is C13H26IN3S. The number of thioether (sulfide) groups is 1. The fourth-order valence-corrected chi connectivity index (χ4v) is 3.70. The van der Waals surface area contributed by atoms with Crippen molar-refractivity contribution in [3.63, 3.8) is 0 Å². The average Bonchev–Trinajstić information content (AvgIpc) is 2.38. The largest absolute Gasteiger partial charge is 0.370 e. The van der Waals surface area contributed by atoms with E-state index < -0.39 is 0 Å². The number of hydrogen-bond donors (Lipinski definition) is 1. The Kier molecular flexibility index (Phi) is 7.75. The first kappa shape index (κ1) is 16.4. The molecule has 0 radical (unpaired) electrons. The topological polar surface area (TPSA) is 41.6 Å². The van der Waals surface area contributed by atoms with Gasteiger partial charge >= 0.3 is 0 Å². The van der Waals surface area contributed by atoms with Gasteiger partial charge in [-0.25, -0.2) is 0 Å². The highest BCUT2D eigenvalue weighted by Crippen LogP contribution is 2.25. The molecular weight excluding hydrogens is 357 g/mol. The normalized spacial score (nSPS) is 26.8. The first-order chi connectivity index (χ1) is 8.25. The smallest absolute Gasteiger partial charge is 0.191 e. The zero-order valence-corrected chi connectivity index (χ0v) is 14.5. The number of aliphatic imine (C=N–C) groups is 1. The van der Waals surface area contributed by atoms with Crippen LogP contribution in [0.25, 0.3) is 0 Å². The molecule has 18 heavy (non-hydrogen) atoms. The predicted octanol–water partition coefficient (Wildman–Crippen LogP) is 2.94. The quantitative estimate of drug-likeness (QED) is 0.453. The van der Waals surface area contributed by atoms with Gasteiger partial charge in [0, 0.05) is 18.3 Å². The van der Waals surface area contributed by atoms with E-state index in [9.17, 15) is 0 Å². The third-order valence-corrected chi connectivity index (χ3v) is 5.22. The van der Waals surface area contributed by atoms with Gasteiger partial charge in [0.1, 0.15) is 0 Å². The number of hydrogen-bond acceptors (Lipinski definition) is 2. The molecule has 0 amide bonds. The minimum absolute atomic E-state index is 0. The second-order valence-electron chi connectivity index (χ2n) is 5.36. The van der Waals surface area contributed by atoms with Gasteiger partial charge in [0.25, 0.3) is 0 Å². The minimum Gasteiger partial charge on any atom is -0.370 e. The van der Waals surface area contributed by atoms with Crippen LogP contribution in [0.15, 0.2) is 4.99 Å². The molecule has 1 atom stereocenters. The number of rotatable bonds is 2. The number of piperidine rings is 1. The maximum Gasteiger partial charge on any atom is 0.191 e. The van der Waals surface area contributed by atoms with E-state index in [-0.39, 0.29) is 24.0 Å². The average molecular weight is 383 g/mol. The molecule has 0 aromatic carbocycles. The van der Waals surface area contributed by atoms with Gasteiger partial charge < -0.3 is 10.6 Å². The van der Waals surface area contributed by atoms with Crippen LogP contribution in [0.5, 0.6) is 0 Å². The summed E-state index contributed by atoms with van der Waals surface area (Å²) in [5.74, 6) is 2.94. The summed E-state index contributed by atoms with van der Waals surface area (Å²) in [7, 11) is 0. The number of nitrogens with zero attached hydrogens (tertiary/aromatic N) is 2. The highest BCUT2D eigenvalue weighted by Gasteiger charge is 2.18. The van der Waals surface area contributed by atoms with Crippen LogP contribution in [0.4, 0.5) is 0 Å². The third-order valence-electron chi connectivity index (χ3n) is 3.84. The molecule has 2 heterocycles. The molecule has 0 bridgehead atoms. The van der Waals surface area contributed by atoms with Crippen LogP contribution in [0.1, 0.15) is 39.0 Å². The fraction of sp³-hybridized carbons (Fsp3) is 0.923. The number of guanidine groups is 1. The fourth-order valence-electron chi connectivity index (χ4n) is 2.48. The standard InChI is InChI=1S/C13H25N3S.HI/c1-11-5-7-16(8-6-11)13(14)15-10-12-4-2-3-9-17-12;/h11-12H,2-10H2,1H3,(H2,14,15);1H. The van der Waals surface area contributed by atoms with Gasteiger partial charge in [-0.2, -0.15) is 11.8 Å². The van der Waals surface area contributed by atoms with Gasteiger partial charge in [-0.1, -0.05) is 13.3 Å². The van der Waals surface area contributed by atoms with Crippen molar-refractivity contribution in [2.75, 3.05) is 25.4 Å². The van der Waals surface area contributed by atoms with Crippen molar-refractivity contribution >= 4 is 41.7 Å². The van der Waals surface area contributed by atoms with Crippen LogP contribution in [-0.4, -0.2) is 41.5 Å². The molecule has 2 rings (SSSR count). The molecule has 0 aliphatic carbocycles. The molecule has 2 N–H and O–H groups in total. The first-order valence-corrected chi connectivity index (χ1v) is 7.97. The Morgan fingerprint density at radius 3 is 2.61 bits per heavy atom. The third kappa shape index (κ3) is 5.15. The second-order valence-corrected chi connectivity index (χ2v) is 6.77. The lowest BCUT2D eigenvalue weighted by Gasteiger charge is -2.31. The van der Waals surface area contributed by atoms with Crippen molar-refractivity contribution in [2.45, 2.75) is 44.3 Å². The summed E-state index contributed by atoms with van der Waals surface area (Å²) >= 11 is 2.07. The van der Waals surface area contributed by atoms with Crippen molar-refractivity contribution in [3.05, 3.63) is 0 Å². The predicted molar refractivity (Wildman–Crippen MR) is 92.0 cm³/mol. The van der Waals surface area contributed by atoms with Crippen LogP contribution in [0.2, 0.25) is 0 Å². The van der Waals surface area contributed by atoms with Crippen molar-refractivity contribution < 1.29 is 0 Å². The number of nitrogens with two attached hydrogens (primary N) is 1. The summed E-state index contributed by atoms with van der Waals surface area (Å²) in [4.78, 5) is 6.85. The van der Waals surface area contributed by atoms with E-state index in [2.05, 4.69) is 28.6 Å². The van der Waals surface area contributed by atoms with Gasteiger partial charge in [-0.3, -0.25) is 4.99 Å². The van der Waals surface area contributed by atoms with Crippen LogP contribution in [0.3, 0.4) is 0 Å². The van der Waals surface area contributed by atoms with E-state index in [0.717, 1.165) is 31.5 Å². The van der Waals surface area contributed by atoms with Crippen LogP contribution >= 0.6 is 35.7 Å². The van der Waals surface area contributed by atoms with Gasteiger partial charge in [-0.05, 0) is 37.4 Å². The van der Waals surface area contributed by atoms with Gasteiger partial charge in [0.15, 0.2) is 5.96 Å². The van der Waals surface area contributed by atoms with Crippen molar-refractivity contribution in [1.29, 1.82) is 0 Å². The molecule has 1 unspecified atom stereocenters. The van der Waals surface area contributed by atoms with Gasteiger partial charge in [0.05, 0.1) is 6.54 Å². The Morgan fingerprint density at radius 2 is 2.00 bits per heavy atom. The molecule has 0 saturated carbocycles. The Morgan fingerprint density at radius 1 is 1.28 bits per heavy atom. The molecule has 2 fully saturated rings. The van der Waals surface area contributed by atoms with E-state index in [4.69, 9.17) is 5.73 Å². The Labute approximate surface area is 132 Å². The summed E-state index contributed by atoms with van der Waals surface area (Å²) in [5.41, 5.74) is 6.08. The molecule has 2 saturated heterocycles. The summed E-state index contributed by atoms with van der Waals surface area (Å²) in [6.45, 7) is 5.43. The van der Waals surface area contributed by atoms with Crippen molar-refractivity contribution in [1.82, 2.24) is 4.90 Å². The summed E-state index contributed by atoms with van der Waals surface area (Å²) < 4.78 is 0. The SMILES string of the molecule is CC1CCN(C(N)=NCC2CCCCS2)CC1.I. The van der Waals surface area contributed by atoms with Crippen LogP contribution in [-0.2, 0) is 0 Å². The maximum absolute atomic E-state index is 6.08. The number of likely N-dealkylation sites (tertiary alicyclic amines) is 1. The highest BCUT2D eigenvalue weighted by molar-refractivity contribution is 14.0. The van der Waals surface area contributed by atoms with E-state index in [1.807, 2.05) is 0 Å². The monoisotopic (exact) mass is 383 g/mol. The van der Waals surface area contributed by atoms with Crippen LogP contribution in [0, 0.1) is 5.92 Å². The highest BCUT2D eigenvalue weighted by atomic mass is 127. The van der Waals surface area contributed by atoms with Gasteiger partial charge in [0.2, 0.25) is 0 Å². The molecule has 0 spiro atoms. The number of halogens is 1. The molecule has 0 aromatic rings. The van der Waals surface area contributed by atoms with Crippen molar-refractivity contribution in [2.24, 2.45) is 16.6 Å². The lowest BCUT2D eigenvalue weighted by molar-refractivity contribution is 0.277. The maximum atomic E-state index is 6.08. The second kappa shape index (κ2) is 8.51. The summed E-state index contributed by atoms with van der Waals surface area (Å²) in [5, 5.41) is 0.714. The first-order valence-electron chi connectivity index (χ1n) is 6.92. The lowest BCUT2D eigenvalue weighted by atomic mass is 10.00. The Hall–Kier alpha value is 0.350. The van der Waals surface area contributed by atoms with E-state index in [1.165, 1.54) is 37.9 Å². The summed E-state index contributed by atoms with van der Waals surface area (Å²) in [6.07, 6.45) is 6.58. The molecule has 106 valence electrons. The zero-order valence-electron chi connectivity index (χ0n) is 11.3. The molecule has 2 aliphatic heterocycles. The minimum atomic E-state index is 0. The van der Waals surface area contributed by atoms with Crippen molar-refractivity contribution in [3.8, 4) is 0 Å². The van der Waals surface area contributed by atoms with Crippen LogP contribution < -0.4 is 5.73 Å². The molecule has 2 aliphatic rings. The van der Waals surface area contributed by atoms with E-state index >= 15 is 0 Å². The lowest BCUT2D eigenvalue weighted by Crippen LogP contribution is -2.42. The molecule has 0 aromatic heterocycles. The summed E-state index contributed by atoms with van der Waals surface area (Å²) in [6, 6.07) is 0. The Balaban J connectivity index is 0.00000162.